The Bertz CT molecular complexity index is 457. The summed E-state index contributed by atoms with van der Waals surface area (Å²) in [6.07, 6.45) is 9.00. The second-order valence-electron chi connectivity index (χ2n) is 5.99. The second kappa shape index (κ2) is 7.36. The number of hydrogen-bond acceptors (Lipinski definition) is 5. The molecule has 6 heteroatoms. The summed E-state index contributed by atoms with van der Waals surface area (Å²) in [5.74, 6) is 0.387. The number of carbonyl (C=O) groups is 1. The Hall–Kier alpha value is -1.69. The first-order valence-electron chi connectivity index (χ1n) is 7.47. The highest BCUT2D eigenvalue weighted by Crippen LogP contribution is 2.25. The van der Waals surface area contributed by atoms with Gasteiger partial charge in [-0.15, -0.1) is 0 Å². The summed E-state index contributed by atoms with van der Waals surface area (Å²) >= 11 is 0. The van der Waals surface area contributed by atoms with Crippen LogP contribution >= 0.6 is 0 Å². The molecule has 0 amide bonds. The van der Waals surface area contributed by atoms with Crippen molar-refractivity contribution >= 4 is 11.9 Å². The molecule has 0 aromatic carbocycles. The first-order chi connectivity index (χ1) is 10.0. The average molecular weight is 292 g/mol. The predicted octanol–water partition coefficient (Wildman–Crippen LogP) is 1.62. The predicted molar refractivity (Wildman–Crippen MR) is 81.2 cm³/mol. The lowest BCUT2D eigenvalue weighted by Crippen LogP contribution is -2.27. The van der Waals surface area contributed by atoms with Crippen LogP contribution < -0.4 is 4.90 Å². The van der Waals surface area contributed by atoms with Gasteiger partial charge in [-0.1, -0.05) is 12.8 Å². The van der Waals surface area contributed by atoms with Gasteiger partial charge in [-0.05, 0) is 25.8 Å². The molecule has 0 atom stereocenters. The van der Waals surface area contributed by atoms with E-state index in [2.05, 4.69) is 21.9 Å². The molecule has 1 fully saturated rings. The minimum absolute atomic E-state index is 0.0963. The standard InChI is InChI=1S/C15H24N4O2/c1-18(9-12-5-3-4-6-12)10-13-7-16-15(17-8-13)19(2)11-14(20)21/h7-8,12H,3-6,9-11H2,1-2H3,(H,20,21). The third kappa shape index (κ3) is 4.97. The molecule has 0 bridgehead atoms. The largest absolute Gasteiger partial charge is 0.480 e. The van der Waals surface area contributed by atoms with Gasteiger partial charge < -0.3 is 14.9 Å². The van der Waals surface area contributed by atoms with Crippen molar-refractivity contribution in [2.45, 2.75) is 32.2 Å². The van der Waals surface area contributed by atoms with E-state index in [4.69, 9.17) is 5.11 Å². The van der Waals surface area contributed by atoms with Crippen molar-refractivity contribution in [1.82, 2.24) is 14.9 Å². The van der Waals surface area contributed by atoms with Crippen LogP contribution in [0.1, 0.15) is 31.2 Å². The van der Waals surface area contributed by atoms with E-state index in [9.17, 15) is 4.79 Å². The lowest BCUT2D eigenvalue weighted by molar-refractivity contribution is -0.135. The molecule has 116 valence electrons. The number of aliphatic carboxylic acids is 1. The van der Waals surface area contributed by atoms with Crippen LogP contribution in [0, 0.1) is 5.92 Å². The zero-order chi connectivity index (χ0) is 15.2. The number of likely N-dealkylation sites (N-methyl/N-ethyl adjacent to an activating group) is 1. The van der Waals surface area contributed by atoms with E-state index in [1.807, 2.05) is 0 Å². The minimum atomic E-state index is -0.888. The maximum atomic E-state index is 10.7. The van der Waals surface area contributed by atoms with Gasteiger partial charge in [-0.25, -0.2) is 9.97 Å². The highest BCUT2D eigenvalue weighted by Gasteiger charge is 2.17. The lowest BCUT2D eigenvalue weighted by Gasteiger charge is -2.21. The van der Waals surface area contributed by atoms with Crippen molar-refractivity contribution in [3.63, 3.8) is 0 Å². The van der Waals surface area contributed by atoms with Gasteiger partial charge in [0.25, 0.3) is 0 Å². The molecule has 0 saturated heterocycles. The molecule has 1 aliphatic carbocycles. The average Bonchev–Trinajstić information content (AvgIpc) is 2.91. The summed E-state index contributed by atoms with van der Waals surface area (Å²) in [6, 6.07) is 0. The Balaban J connectivity index is 1.85. The summed E-state index contributed by atoms with van der Waals surface area (Å²) in [4.78, 5) is 23.0. The molecule has 1 saturated carbocycles. The molecule has 1 aliphatic rings. The van der Waals surface area contributed by atoms with Crippen molar-refractivity contribution < 1.29 is 9.90 Å². The number of carboxylic acid groups (broad SMARTS) is 1. The normalized spacial score (nSPS) is 15.6. The Morgan fingerprint density at radius 1 is 1.29 bits per heavy atom. The van der Waals surface area contributed by atoms with Gasteiger partial charge in [0, 0.05) is 38.1 Å². The number of aromatic nitrogens is 2. The molecule has 0 spiro atoms. The molecule has 0 unspecified atom stereocenters. The molecule has 6 nitrogen and oxygen atoms in total. The number of rotatable bonds is 7. The topological polar surface area (TPSA) is 69.6 Å². The summed E-state index contributed by atoms with van der Waals surface area (Å²) in [5.41, 5.74) is 1.06. The van der Waals surface area contributed by atoms with Gasteiger partial charge in [0.2, 0.25) is 5.95 Å². The molecule has 1 aromatic rings. The molecule has 1 N–H and O–H groups in total. The summed E-state index contributed by atoms with van der Waals surface area (Å²) < 4.78 is 0. The van der Waals surface area contributed by atoms with E-state index >= 15 is 0 Å². The zero-order valence-corrected chi connectivity index (χ0v) is 12.8. The van der Waals surface area contributed by atoms with Crippen LogP contribution in [0.4, 0.5) is 5.95 Å². The van der Waals surface area contributed by atoms with Crippen LogP contribution in [-0.2, 0) is 11.3 Å². The maximum absolute atomic E-state index is 10.7. The smallest absolute Gasteiger partial charge is 0.323 e. The van der Waals surface area contributed by atoms with E-state index in [1.54, 1.807) is 19.4 Å². The van der Waals surface area contributed by atoms with Crippen molar-refractivity contribution in [1.29, 1.82) is 0 Å². The fourth-order valence-electron chi connectivity index (χ4n) is 2.91. The molecule has 0 aliphatic heterocycles. The Kier molecular flexibility index (Phi) is 5.50. The minimum Gasteiger partial charge on any atom is -0.480 e. The van der Waals surface area contributed by atoms with Crippen LogP contribution in [0.25, 0.3) is 0 Å². The summed E-state index contributed by atoms with van der Waals surface area (Å²) in [5, 5.41) is 8.75. The SMILES string of the molecule is CN(Cc1cnc(N(C)CC(=O)O)nc1)CC1CCCC1. The fourth-order valence-corrected chi connectivity index (χ4v) is 2.91. The van der Waals surface area contributed by atoms with Crippen molar-refractivity contribution in [3.8, 4) is 0 Å². The highest BCUT2D eigenvalue weighted by molar-refractivity contribution is 5.72. The Labute approximate surface area is 125 Å². The van der Waals surface area contributed by atoms with Crippen LogP contribution in [0.15, 0.2) is 12.4 Å². The van der Waals surface area contributed by atoms with E-state index < -0.39 is 5.97 Å². The molecular formula is C15H24N4O2. The first kappa shape index (κ1) is 15.7. The van der Waals surface area contributed by atoms with Crippen molar-refractivity contribution in [3.05, 3.63) is 18.0 Å². The van der Waals surface area contributed by atoms with Crippen LogP contribution in [-0.4, -0.2) is 53.1 Å². The third-order valence-electron chi connectivity index (χ3n) is 3.90. The Morgan fingerprint density at radius 3 is 2.48 bits per heavy atom. The molecule has 2 rings (SSSR count). The van der Waals surface area contributed by atoms with Gasteiger partial charge in [0.05, 0.1) is 0 Å². The number of hydrogen-bond donors (Lipinski definition) is 1. The van der Waals surface area contributed by atoms with Gasteiger partial charge >= 0.3 is 5.97 Å². The van der Waals surface area contributed by atoms with Gasteiger partial charge in [0.15, 0.2) is 0 Å². The van der Waals surface area contributed by atoms with Crippen LogP contribution in [0.2, 0.25) is 0 Å². The van der Waals surface area contributed by atoms with E-state index in [-0.39, 0.29) is 6.54 Å². The van der Waals surface area contributed by atoms with Gasteiger partial charge in [-0.2, -0.15) is 0 Å². The van der Waals surface area contributed by atoms with E-state index in [0.717, 1.165) is 24.6 Å². The monoisotopic (exact) mass is 292 g/mol. The summed E-state index contributed by atoms with van der Waals surface area (Å²) in [6.45, 7) is 1.86. The molecular weight excluding hydrogens is 268 g/mol. The highest BCUT2D eigenvalue weighted by atomic mass is 16.4. The molecule has 1 aromatic heterocycles. The first-order valence-corrected chi connectivity index (χ1v) is 7.47. The van der Waals surface area contributed by atoms with Gasteiger partial charge in [-0.3, -0.25) is 4.79 Å². The van der Waals surface area contributed by atoms with Crippen molar-refractivity contribution in [2.75, 3.05) is 32.1 Å². The zero-order valence-electron chi connectivity index (χ0n) is 12.8. The second-order valence-corrected chi connectivity index (χ2v) is 5.99. The molecule has 21 heavy (non-hydrogen) atoms. The Morgan fingerprint density at radius 2 is 1.90 bits per heavy atom. The lowest BCUT2D eigenvalue weighted by atomic mass is 10.1. The number of carboxylic acids is 1. The fraction of sp³-hybridized carbons (Fsp3) is 0.667. The summed E-state index contributed by atoms with van der Waals surface area (Å²) in [7, 11) is 3.80. The molecule has 0 radical (unpaired) electrons. The van der Waals surface area contributed by atoms with Gasteiger partial charge in [0.1, 0.15) is 6.54 Å². The number of anilines is 1. The molecule has 1 heterocycles. The van der Waals surface area contributed by atoms with Crippen LogP contribution in [0.5, 0.6) is 0 Å². The van der Waals surface area contributed by atoms with Crippen molar-refractivity contribution in [2.24, 2.45) is 5.92 Å². The maximum Gasteiger partial charge on any atom is 0.323 e. The van der Waals surface area contributed by atoms with E-state index in [1.165, 1.54) is 30.6 Å². The number of nitrogens with zero attached hydrogens (tertiary/aromatic N) is 4. The van der Waals surface area contributed by atoms with Crippen LogP contribution in [0.3, 0.4) is 0 Å². The third-order valence-corrected chi connectivity index (χ3v) is 3.90. The quantitative estimate of drug-likeness (QED) is 0.823. The van der Waals surface area contributed by atoms with E-state index in [0.29, 0.717) is 5.95 Å².